The van der Waals surface area contributed by atoms with Gasteiger partial charge < -0.3 is 5.73 Å². The molecular weight excluding hydrogens is 226 g/mol. The van der Waals surface area contributed by atoms with Gasteiger partial charge >= 0.3 is 0 Å². The average molecular weight is 235 g/mol. The highest BCUT2D eigenvalue weighted by molar-refractivity contribution is 5.91. The highest BCUT2D eigenvalue weighted by Gasteiger charge is 2.15. The van der Waals surface area contributed by atoms with E-state index < -0.39 is 0 Å². The van der Waals surface area contributed by atoms with Gasteiger partial charge in [0.1, 0.15) is 17.9 Å². The molecule has 2 N–H and O–H groups in total. The van der Waals surface area contributed by atoms with E-state index in [2.05, 4.69) is 16.2 Å². The third-order valence-electron chi connectivity index (χ3n) is 2.79. The average Bonchev–Trinajstić information content (AvgIpc) is 2.79. The molecule has 2 aromatic heterocycles. The topological polar surface area (TPSA) is 80.0 Å². The van der Waals surface area contributed by atoms with E-state index in [1.165, 1.54) is 6.33 Å². The van der Waals surface area contributed by atoms with Crippen molar-refractivity contribution in [3.63, 3.8) is 0 Å². The standard InChI is InChI=1S/C13H9N5/c14-6-10-7-18-12(13(15)16-8-17-18)11(10)9-4-2-1-3-5-9/h1-5,7-8H,(H2,15,16,17). The van der Waals surface area contributed by atoms with E-state index in [1.807, 2.05) is 30.3 Å². The minimum Gasteiger partial charge on any atom is -0.382 e. The van der Waals surface area contributed by atoms with Gasteiger partial charge in [-0.3, -0.25) is 0 Å². The Morgan fingerprint density at radius 3 is 2.72 bits per heavy atom. The predicted molar refractivity (Wildman–Crippen MR) is 67.6 cm³/mol. The molecule has 2 heterocycles. The second-order valence-electron chi connectivity index (χ2n) is 3.83. The molecule has 0 atom stereocenters. The summed E-state index contributed by atoms with van der Waals surface area (Å²) in [6.07, 6.45) is 3.04. The minimum atomic E-state index is 0.366. The van der Waals surface area contributed by atoms with Gasteiger partial charge in [-0.1, -0.05) is 30.3 Å². The lowest BCUT2D eigenvalue weighted by Gasteiger charge is -2.02. The molecular formula is C13H9N5. The smallest absolute Gasteiger partial charge is 0.152 e. The molecule has 3 rings (SSSR count). The molecule has 86 valence electrons. The highest BCUT2D eigenvalue weighted by atomic mass is 15.2. The zero-order valence-electron chi connectivity index (χ0n) is 9.41. The van der Waals surface area contributed by atoms with Gasteiger partial charge in [-0.05, 0) is 5.56 Å². The Bertz CT molecular complexity index is 752. The molecule has 0 aliphatic heterocycles. The summed E-state index contributed by atoms with van der Waals surface area (Å²) in [5.74, 6) is 0.366. The maximum absolute atomic E-state index is 9.22. The van der Waals surface area contributed by atoms with Gasteiger partial charge in [0.05, 0.1) is 5.56 Å². The van der Waals surface area contributed by atoms with E-state index in [4.69, 9.17) is 5.73 Å². The quantitative estimate of drug-likeness (QED) is 0.698. The number of nitriles is 1. The van der Waals surface area contributed by atoms with E-state index in [0.717, 1.165) is 11.1 Å². The molecule has 0 bridgehead atoms. The van der Waals surface area contributed by atoms with E-state index in [1.54, 1.807) is 10.7 Å². The van der Waals surface area contributed by atoms with E-state index >= 15 is 0 Å². The van der Waals surface area contributed by atoms with Crippen molar-refractivity contribution < 1.29 is 0 Å². The van der Waals surface area contributed by atoms with Crippen molar-refractivity contribution in [1.29, 1.82) is 5.26 Å². The van der Waals surface area contributed by atoms with Gasteiger partial charge in [-0.2, -0.15) is 10.4 Å². The third kappa shape index (κ3) is 1.40. The molecule has 0 unspecified atom stereocenters. The van der Waals surface area contributed by atoms with Gasteiger partial charge in [0.25, 0.3) is 0 Å². The molecule has 0 saturated carbocycles. The summed E-state index contributed by atoms with van der Waals surface area (Å²) in [4.78, 5) is 3.98. The van der Waals surface area contributed by atoms with E-state index in [0.29, 0.717) is 16.9 Å². The van der Waals surface area contributed by atoms with Gasteiger partial charge in [-0.25, -0.2) is 9.50 Å². The second kappa shape index (κ2) is 3.86. The molecule has 0 aliphatic rings. The zero-order chi connectivity index (χ0) is 12.5. The van der Waals surface area contributed by atoms with Crippen molar-refractivity contribution in [2.45, 2.75) is 0 Å². The van der Waals surface area contributed by atoms with Crippen LogP contribution >= 0.6 is 0 Å². The first kappa shape index (κ1) is 10.3. The largest absolute Gasteiger partial charge is 0.382 e. The molecule has 18 heavy (non-hydrogen) atoms. The lowest BCUT2D eigenvalue weighted by atomic mass is 10.0. The molecule has 0 spiro atoms. The second-order valence-corrected chi connectivity index (χ2v) is 3.83. The number of hydrogen-bond acceptors (Lipinski definition) is 4. The number of fused-ring (bicyclic) bond motifs is 1. The summed E-state index contributed by atoms with van der Waals surface area (Å²) in [7, 11) is 0. The molecule has 0 amide bonds. The Hall–Kier alpha value is -2.87. The Kier molecular flexibility index (Phi) is 2.21. The summed E-state index contributed by atoms with van der Waals surface area (Å²) >= 11 is 0. The molecule has 0 saturated heterocycles. The Labute approximate surface area is 103 Å². The van der Waals surface area contributed by atoms with Crippen molar-refractivity contribution in [2.24, 2.45) is 0 Å². The molecule has 0 aliphatic carbocycles. The van der Waals surface area contributed by atoms with Crippen LogP contribution in [-0.2, 0) is 0 Å². The zero-order valence-corrected chi connectivity index (χ0v) is 9.41. The molecule has 5 nitrogen and oxygen atoms in total. The van der Waals surface area contributed by atoms with Crippen molar-refractivity contribution in [2.75, 3.05) is 5.73 Å². The fourth-order valence-corrected chi connectivity index (χ4v) is 2.02. The van der Waals surface area contributed by atoms with Gasteiger partial charge in [-0.15, -0.1) is 0 Å². The fraction of sp³-hybridized carbons (Fsp3) is 0. The van der Waals surface area contributed by atoms with Crippen molar-refractivity contribution in [1.82, 2.24) is 14.6 Å². The first-order valence-electron chi connectivity index (χ1n) is 5.38. The van der Waals surface area contributed by atoms with Crippen LogP contribution in [0.25, 0.3) is 16.6 Å². The third-order valence-corrected chi connectivity index (χ3v) is 2.79. The highest BCUT2D eigenvalue weighted by Crippen LogP contribution is 2.31. The first-order chi connectivity index (χ1) is 8.81. The Balaban J connectivity index is 2.44. The van der Waals surface area contributed by atoms with Crippen molar-refractivity contribution in [3.8, 4) is 17.2 Å². The van der Waals surface area contributed by atoms with Crippen molar-refractivity contribution >= 4 is 11.3 Å². The van der Waals surface area contributed by atoms with Crippen molar-refractivity contribution in [3.05, 3.63) is 48.4 Å². The number of anilines is 1. The monoisotopic (exact) mass is 235 g/mol. The van der Waals surface area contributed by atoms with Gasteiger partial charge in [0.15, 0.2) is 5.82 Å². The van der Waals surface area contributed by atoms with Gasteiger partial charge in [0.2, 0.25) is 0 Å². The van der Waals surface area contributed by atoms with E-state index in [9.17, 15) is 5.26 Å². The van der Waals surface area contributed by atoms with Crippen LogP contribution in [-0.4, -0.2) is 14.6 Å². The first-order valence-corrected chi connectivity index (χ1v) is 5.38. The van der Waals surface area contributed by atoms with Gasteiger partial charge in [0, 0.05) is 11.8 Å². The van der Waals surface area contributed by atoms with Crippen LogP contribution in [0.15, 0.2) is 42.9 Å². The number of nitrogen functional groups attached to an aromatic ring is 1. The lowest BCUT2D eigenvalue weighted by Crippen LogP contribution is -1.98. The lowest BCUT2D eigenvalue weighted by molar-refractivity contribution is 0.907. The van der Waals surface area contributed by atoms with Crippen LogP contribution in [0, 0.1) is 11.3 Å². The number of rotatable bonds is 1. The normalized spacial score (nSPS) is 10.4. The minimum absolute atomic E-state index is 0.366. The van der Waals surface area contributed by atoms with Crippen LogP contribution in [0.3, 0.4) is 0 Å². The SMILES string of the molecule is N#Cc1cn2ncnc(N)c2c1-c1ccccc1. The van der Waals surface area contributed by atoms with Crippen LogP contribution in [0.4, 0.5) is 5.82 Å². The Morgan fingerprint density at radius 2 is 2.00 bits per heavy atom. The summed E-state index contributed by atoms with van der Waals surface area (Å²) in [6.45, 7) is 0. The number of hydrogen-bond donors (Lipinski definition) is 1. The van der Waals surface area contributed by atoms with E-state index in [-0.39, 0.29) is 0 Å². The molecule has 5 heteroatoms. The summed E-state index contributed by atoms with van der Waals surface area (Å²) in [5, 5.41) is 13.3. The molecule has 0 fully saturated rings. The maximum atomic E-state index is 9.22. The summed E-state index contributed by atoms with van der Waals surface area (Å²) in [5.41, 5.74) is 8.79. The summed E-state index contributed by atoms with van der Waals surface area (Å²) in [6, 6.07) is 11.8. The summed E-state index contributed by atoms with van der Waals surface area (Å²) < 4.78 is 1.59. The van der Waals surface area contributed by atoms with Crippen LogP contribution in [0.2, 0.25) is 0 Å². The number of aromatic nitrogens is 3. The number of benzene rings is 1. The molecule has 1 aromatic carbocycles. The molecule has 0 radical (unpaired) electrons. The number of nitrogens with zero attached hydrogens (tertiary/aromatic N) is 4. The molecule has 3 aromatic rings. The van der Waals surface area contributed by atoms with Crippen LogP contribution < -0.4 is 5.73 Å². The number of nitrogens with two attached hydrogens (primary N) is 1. The van der Waals surface area contributed by atoms with Crippen LogP contribution in [0.5, 0.6) is 0 Å². The van der Waals surface area contributed by atoms with Crippen LogP contribution in [0.1, 0.15) is 5.56 Å². The maximum Gasteiger partial charge on any atom is 0.152 e. The Morgan fingerprint density at radius 1 is 1.22 bits per heavy atom. The predicted octanol–water partition coefficient (Wildman–Crippen LogP) is 1.85. The fourth-order valence-electron chi connectivity index (χ4n) is 2.02.